The molecule has 3 rings (SSSR count). The number of guanidine groups is 1. The summed E-state index contributed by atoms with van der Waals surface area (Å²) in [5.41, 5.74) is 2.62. The Balaban J connectivity index is 0.00000341. The summed E-state index contributed by atoms with van der Waals surface area (Å²) in [6.07, 6.45) is 4.82. The monoisotopic (exact) mass is 539 g/mol. The largest absolute Gasteiger partial charge is 0.357 e. The third-order valence-electron chi connectivity index (χ3n) is 5.52. The van der Waals surface area contributed by atoms with E-state index in [0.29, 0.717) is 6.54 Å². The maximum Gasteiger partial charge on any atom is 0.191 e. The van der Waals surface area contributed by atoms with E-state index in [0.717, 1.165) is 58.2 Å². The summed E-state index contributed by atoms with van der Waals surface area (Å²) in [6, 6.07) is 10.9. The Bertz CT molecular complexity index is 738. The molecule has 0 atom stereocenters. The molecule has 0 spiro atoms. The van der Waals surface area contributed by atoms with Crippen molar-refractivity contribution >= 4 is 29.9 Å². The van der Waals surface area contributed by atoms with E-state index in [-0.39, 0.29) is 24.0 Å². The van der Waals surface area contributed by atoms with Gasteiger partial charge in [-0.05, 0) is 37.1 Å². The minimum absolute atomic E-state index is 0. The standard InChI is InChI=1S/C23H37N7.HI/c1-3-24-23(25-11-5-13-30-14-6-12-27-30)26-19-21-7-9-22(10-8-21)20-29-17-15-28(4-2)16-18-29;/h6-10,12,14H,3-5,11,13,15-20H2,1-2H3,(H2,24,25,26);1H. The molecule has 1 aromatic heterocycles. The second-order valence-corrected chi connectivity index (χ2v) is 7.77. The van der Waals surface area contributed by atoms with Crippen molar-refractivity contribution in [2.24, 2.45) is 4.99 Å². The van der Waals surface area contributed by atoms with E-state index in [1.165, 1.54) is 24.2 Å². The van der Waals surface area contributed by atoms with E-state index in [9.17, 15) is 0 Å². The number of aliphatic imine (C=N–C) groups is 1. The smallest absolute Gasteiger partial charge is 0.191 e. The fourth-order valence-corrected chi connectivity index (χ4v) is 3.66. The maximum atomic E-state index is 4.74. The summed E-state index contributed by atoms with van der Waals surface area (Å²) >= 11 is 0. The Labute approximate surface area is 204 Å². The van der Waals surface area contributed by atoms with Gasteiger partial charge in [0.05, 0.1) is 6.54 Å². The Morgan fingerprint density at radius 1 is 1.00 bits per heavy atom. The molecule has 1 saturated heterocycles. The van der Waals surface area contributed by atoms with Gasteiger partial charge in [-0.2, -0.15) is 5.10 Å². The zero-order valence-corrected chi connectivity index (χ0v) is 21.3. The number of nitrogens with zero attached hydrogens (tertiary/aromatic N) is 5. The van der Waals surface area contributed by atoms with Crippen LogP contribution in [0.2, 0.25) is 0 Å². The molecule has 1 aliphatic rings. The molecule has 0 unspecified atom stereocenters. The average molecular weight is 540 g/mol. The van der Waals surface area contributed by atoms with E-state index in [1.54, 1.807) is 0 Å². The van der Waals surface area contributed by atoms with Crippen LogP contribution in [0.15, 0.2) is 47.7 Å². The Morgan fingerprint density at radius 3 is 2.35 bits per heavy atom. The van der Waals surface area contributed by atoms with Crippen LogP contribution in [-0.4, -0.2) is 71.4 Å². The highest BCUT2D eigenvalue weighted by Crippen LogP contribution is 2.11. The molecule has 0 aliphatic carbocycles. The SMILES string of the molecule is CCNC(=NCc1ccc(CN2CCN(CC)CC2)cc1)NCCCn1cccn1.I. The first-order valence-corrected chi connectivity index (χ1v) is 11.3. The van der Waals surface area contributed by atoms with Crippen molar-refractivity contribution in [2.75, 3.05) is 45.8 Å². The van der Waals surface area contributed by atoms with Crippen molar-refractivity contribution in [3.63, 3.8) is 0 Å². The van der Waals surface area contributed by atoms with Gasteiger partial charge in [0, 0.05) is 64.8 Å². The molecule has 1 aromatic carbocycles. The van der Waals surface area contributed by atoms with Crippen LogP contribution in [0.25, 0.3) is 0 Å². The first kappa shape index (κ1) is 25.6. The van der Waals surface area contributed by atoms with Gasteiger partial charge in [0.2, 0.25) is 0 Å². The summed E-state index contributed by atoms with van der Waals surface area (Å²) in [6.45, 7) is 14.6. The van der Waals surface area contributed by atoms with Gasteiger partial charge in [-0.3, -0.25) is 9.58 Å². The van der Waals surface area contributed by atoms with Crippen molar-refractivity contribution in [2.45, 2.75) is 39.9 Å². The minimum atomic E-state index is 0. The lowest BCUT2D eigenvalue weighted by Crippen LogP contribution is -2.45. The number of rotatable bonds is 10. The topological polar surface area (TPSA) is 60.7 Å². The molecule has 1 fully saturated rings. The number of likely N-dealkylation sites (N-methyl/N-ethyl adjacent to an activating group) is 1. The fraction of sp³-hybridized carbons (Fsp3) is 0.565. The number of aromatic nitrogens is 2. The predicted molar refractivity (Wildman–Crippen MR) is 139 cm³/mol. The van der Waals surface area contributed by atoms with Crippen molar-refractivity contribution in [1.82, 2.24) is 30.2 Å². The number of piperazine rings is 1. The van der Waals surface area contributed by atoms with Crippen LogP contribution in [0.4, 0.5) is 0 Å². The minimum Gasteiger partial charge on any atom is -0.357 e. The number of hydrogen-bond acceptors (Lipinski definition) is 4. The summed E-state index contributed by atoms with van der Waals surface area (Å²) in [7, 11) is 0. The zero-order valence-electron chi connectivity index (χ0n) is 19.0. The van der Waals surface area contributed by atoms with E-state index in [2.05, 4.69) is 63.6 Å². The molecule has 7 nitrogen and oxygen atoms in total. The maximum absolute atomic E-state index is 4.74. The van der Waals surface area contributed by atoms with E-state index < -0.39 is 0 Å². The number of hydrogen-bond donors (Lipinski definition) is 2. The molecule has 2 N–H and O–H groups in total. The van der Waals surface area contributed by atoms with E-state index >= 15 is 0 Å². The van der Waals surface area contributed by atoms with E-state index in [4.69, 9.17) is 4.99 Å². The third kappa shape index (κ3) is 9.16. The molecular formula is C23H38IN7. The van der Waals surface area contributed by atoms with Gasteiger partial charge < -0.3 is 15.5 Å². The molecule has 172 valence electrons. The number of nitrogens with one attached hydrogen (secondary N) is 2. The number of benzene rings is 1. The lowest BCUT2D eigenvalue weighted by molar-refractivity contribution is 0.132. The average Bonchev–Trinajstić information content (AvgIpc) is 3.30. The third-order valence-corrected chi connectivity index (χ3v) is 5.52. The quantitative estimate of drug-likeness (QED) is 0.211. The molecule has 0 radical (unpaired) electrons. The highest BCUT2D eigenvalue weighted by atomic mass is 127. The summed E-state index contributed by atoms with van der Waals surface area (Å²) in [5, 5.41) is 11.0. The molecule has 0 amide bonds. The van der Waals surface area contributed by atoms with Crippen molar-refractivity contribution < 1.29 is 0 Å². The van der Waals surface area contributed by atoms with Crippen LogP contribution in [0.1, 0.15) is 31.4 Å². The first-order chi connectivity index (χ1) is 14.8. The highest BCUT2D eigenvalue weighted by molar-refractivity contribution is 14.0. The Kier molecular flexibility index (Phi) is 11.9. The molecule has 31 heavy (non-hydrogen) atoms. The van der Waals surface area contributed by atoms with Gasteiger partial charge >= 0.3 is 0 Å². The normalized spacial score (nSPS) is 15.5. The van der Waals surface area contributed by atoms with Gasteiger partial charge in [0.1, 0.15) is 0 Å². The second-order valence-electron chi connectivity index (χ2n) is 7.77. The van der Waals surface area contributed by atoms with Crippen molar-refractivity contribution in [3.8, 4) is 0 Å². The van der Waals surface area contributed by atoms with Crippen LogP contribution in [0, 0.1) is 0 Å². The second kappa shape index (κ2) is 14.4. The zero-order chi connectivity index (χ0) is 21.0. The molecule has 2 heterocycles. The van der Waals surface area contributed by atoms with Gasteiger partial charge in [-0.1, -0.05) is 31.2 Å². The van der Waals surface area contributed by atoms with Crippen molar-refractivity contribution in [3.05, 3.63) is 53.9 Å². The summed E-state index contributed by atoms with van der Waals surface area (Å²) in [4.78, 5) is 9.81. The fourth-order valence-electron chi connectivity index (χ4n) is 3.66. The lowest BCUT2D eigenvalue weighted by atomic mass is 10.1. The number of aryl methyl sites for hydroxylation is 1. The van der Waals surface area contributed by atoms with Gasteiger partial charge in [0.15, 0.2) is 5.96 Å². The van der Waals surface area contributed by atoms with Crippen LogP contribution in [-0.2, 0) is 19.6 Å². The highest BCUT2D eigenvalue weighted by Gasteiger charge is 2.15. The van der Waals surface area contributed by atoms with Gasteiger partial charge in [0.25, 0.3) is 0 Å². The van der Waals surface area contributed by atoms with Crippen molar-refractivity contribution in [1.29, 1.82) is 0 Å². The van der Waals surface area contributed by atoms with Gasteiger partial charge in [-0.15, -0.1) is 24.0 Å². The molecular weight excluding hydrogens is 501 g/mol. The predicted octanol–water partition coefficient (Wildman–Crippen LogP) is 2.78. The Hall–Kier alpha value is -1.65. The summed E-state index contributed by atoms with van der Waals surface area (Å²) < 4.78 is 1.96. The summed E-state index contributed by atoms with van der Waals surface area (Å²) in [5.74, 6) is 0.871. The van der Waals surface area contributed by atoms with Gasteiger partial charge in [-0.25, -0.2) is 4.99 Å². The molecule has 2 aromatic rings. The van der Waals surface area contributed by atoms with E-state index in [1.807, 2.05) is 23.1 Å². The van der Waals surface area contributed by atoms with Crippen LogP contribution in [0.5, 0.6) is 0 Å². The molecule has 0 bridgehead atoms. The number of halogens is 1. The van der Waals surface area contributed by atoms with Crippen LogP contribution < -0.4 is 10.6 Å². The lowest BCUT2D eigenvalue weighted by Gasteiger charge is -2.34. The van der Waals surface area contributed by atoms with Crippen LogP contribution >= 0.6 is 24.0 Å². The Morgan fingerprint density at radius 2 is 1.71 bits per heavy atom. The van der Waals surface area contributed by atoms with Crippen LogP contribution in [0.3, 0.4) is 0 Å². The first-order valence-electron chi connectivity index (χ1n) is 11.3. The molecule has 1 aliphatic heterocycles. The molecule has 0 saturated carbocycles. The molecule has 8 heteroatoms.